The van der Waals surface area contributed by atoms with E-state index in [1.54, 1.807) is 0 Å². The third-order valence-electron chi connectivity index (χ3n) is 0.946. The summed E-state index contributed by atoms with van der Waals surface area (Å²) < 4.78 is 0. The van der Waals surface area contributed by atoms with Crippen molar-refractivity contribution in [3.8, 4) is 6.07 Å². The summed E-state index contributed by atoms with van der Waals surface area (Å²) in [7, 11) is 0. The summed E-state index contributed by atoms with van der Waals surface area (Å²) in [5.41, 5.74) is 2.66. The molecule has 0 fully saturated rings. The van der Waals surface area contributed by atoms with E-state index in [4.69, 9.17) is 10.1 Å². The summed E-state index contributed by atoms with van der Waals surface area (Å²) in [6.07, 6.45) is 1.42. The van der Waals surface area contributed by atoms with Crippen LogP contribution in [0.4, 0.5) is 0 Å². The highest BCUT2D eigenvalue weighted by atomic mass is 16.7. The lowest BCUT2D eigenvalue weighted by atomic mass is 10.2. The van der Waals surface area contributed by atoms with Gasteiger partial charge in [0.1, 0.15) is 0 Å². The molecule has 0 bridgehead atoms. The highest BCUT2D eigenvalue weighted by molar-refractivity contribution is 4.68. The van der Waals surface area contributed by atoms with Crippen molar-refractivity contribution in [3.63, 3.8) is 0 Å². The van der Waals surface area contributed by atoms with Gasteiger partial charge in [0.15, 0.2) is 0 Å². The number of nitriles is 1. The van der Waals surface area contributed by atoms with Crippen LogP contribution in [0.1, 0.15) is 33.6 Å². The number of hydroxylamine groups is 1. The van der Waals surface area contributed by atoms with E-state index >= 15 is 0 Å². The Hall–Kier alpha value is -0.590. The first-order chi connectivity index (χ1) is 5.06. The third-order valence-corrected chi connectivity index (χ3v) is 0.946. The molecule has 0 rings (SSSR count). The Kier molecular flexibility index (Phi) is 4.84. The van der Waals surface area contributed by atoms with E-state index in [9.17, 15) is 0 Å². The summed E-state index contributed by atoms with van der Waals surface area (Å²) in [4.78, 5) is 5.22. The van der Waals surface area contributed by atoms with Crippen molar-refractivity contribution in [2.24, 2.45) is 0 Å². The molecular weight excluding hydrogens is 140 g/mol. The van der Waals surface area contributed by atoms with Crippen LogP contribution >= 0.6 is 0 Å². The minimum atomic E-state index is -0.146. The van der Waals surface area contributed by atoms with Gasteiger partial charge in [-0.05, 0) is 27.2 Å². The topological polar surface area (TPSA) is 45.0 Å². The average Bonchev–Trinajstić information content (AvgIpc) is 1.85. The Balaban J connectivity index is 3.10. The molecule has 0 unspecified atom stereocenters. The monoisotopic (exact) mass is 156 g/mol. The molecule has 0 amide bonds. The molecule has 0 aliphatic carbocycles. The van der Waals surface area contributed by atoms with Gasteiger partial charge in [0.25, 0.3) is 0 Å². The standard InChI is InChI=1S/C8H16N2O/c1-8(2,3)11-10-7-5-4-6-9/h10H,4-5,7H2,1-3H3. The zero-order chi connectivity index (χ0) is 8.74. The molecule has 0 aliphatic rings. The molecule has 0 saturated carbocycles. The second kappa shape index (κ2) is 5.11. The van der Waals surface area contributed by atoms with Gasteiger partial charge in [0.2, 0.25) is 0 Å². The lowest BCUT2D eigenvalue weighted by molar-refractivity contribution is -0.0723. The van der Waals surface area contributed by atoms with E-state index in [-0.39, 0.29) is 5.60 Å². The van der Waals surface area contributed by atoms with Crippen LogP contribution in [0.15, 0.2) is 0 Å². The number of hydrogen-bond acceptors (Lipinski definition) is 3. The molecule has 11 heavy (non-hydrogen) atoms. The smallest absolute Gasteiger partial charge is 0.0812 e. The molecule has 0 saturated heterocycles. The Bertz CT molecular complexity index is 132. The number of nitrogens with zero attached hydrogens (tertiary/aromatic N) is 1. The van der Waals surface area contributed by atoms with Crippen molar-refractivity contribution in [1.29, 1.82) is 5.26 Å². The van der Waals surface area contributed by atoms with Crippen LogP contribution in [0.25, 0.3) is 0 Å². The van der Waals surface area contributed by atoms with Gasteiger partial charge in [-0.2, -0.15) is 5.26 Å². The highest BCUT2D eigenvalue weighted by Gasteiger charge is 2.08. The molecule has 0 atom stereocenters. The molecule has 0 aromatic rings. The molecular formula is C8H16N2O. The Labute approximate surface area is 68.3 Å². The predicted molar refractivity (Wildman–Crippen MR) is 43.7 cm³/mol. The van der Waals surface area contributed by atoms with E-state index in [1.165, 1.54) is 0 Å². The molecule has 64 valence electrons. The third kappa shape index (κ3) is 9.41. The fourth-order valence-corrected chi connectivity index (χ4v) is 0.507. The van der Waals surface area contributed by atoms with Gasteiger partial charge >= 0.3 is 0 Å². The second-order valence-corrected chi connectivity index (χ2v) is 3.37. The van der Waals surface area contributed by atoms with E-state index in [0.717, 1.165) is 13.0 Å². The summed E-state index contributed by atoms with van der Waals surface area (Å²) in [6, 6.07) is 2.07. The van der Waals surface area contributed by atoms with Crippen molar-refractivity contribution in [3.05, 3.63) is 0 Å². The Morgan fingerprint density at radius 1 is 1.45 bits per heavy atom. The van der Waals surface area contributed by atoms with Crippen LogP contribution < -0.4 is 5.48 Å². The first-order valence-corrected chi connectivity index (χ1v) is 3.84. The molecule has 0 aromatic heterocycles. The number of nitrogens with one attached hydrogen (secondary N) is 1. The lowest BCUT2D eigenvalue weighted by Gasteiger charge is -2.18. The first kappa shape index (κ1) is 10.4. The largest absolute Gasteiger partial charge is 0.296 e. The normalized spacial score (nSPS) is 11.1. The maximum atomic E-state index is 8.21. The van der Waals surface area contributed by atoms with E-state index in [0.29, 0.717) is 6.42 Å². The molecule has 3 heteroatoms. The van der Waals surface area contributed by atoms with Gasteiger partial charge in [-0.25, -0.2) is 5.48 Å². The lowest BCUT2D eigenvalue weighted by Crippen LogP contribution is -2.29. The molecule has 0 aliphatic heterocycles. The van der Waals surface area contributed by atoms with Crippen molar-refractivity contribution < 1.29 is 4.84 Å². The maximum absolute atomic E-state index is 8.21. The molecule has 1 N–H and O–H groups in total. The highest BCUT2D eigenvalue weighted by Crippen LogP contribution is 2.03. The Morgan fingerprint density at radius 3 is 2.55 bits per heavy atom. The summed E-state index contributed by atoms with van der Waals surface area (Å²) in [6.45, 7) is 6.67. The van der Waals surface area contributed by atoms with Gasteiger partial charge < -0.3 is 0 Å². The van der Waals surface area contributed by atoms with Crippen LogP contribution in [0.2, 0.25) is 0 Å². The molecule has 0 radical (unpaired) electrons. The van der Waals surface area contributed by atoms with E-state index < -0.39 is 0 Å². The SMILES string of the molecule is CC(C)(C)ONCCCC#N. The van der Waals surface area contributed by atoms with Crippen molar-refractivity contribution >= 4 is 0 Å². The predicted octanol–water partition coefficient (Wildman–Crippen LogP) is 1.61. The van der Waals surface area contributed by atoms with E-state index in [1.807, 2.05) is 20.8 Å². The van der Waals surface area contributed by atoms with Crippen LogP contribution in [0.5, 0.6) is 0 Å². The minimum Gasteiger partial charge on any atom is -0.296 e. The van der Waals surface area contributed by atoms with Crippen LogP contribution in [-0.4, -0.2) is 12.1 Å². The number of rotatable bonds is 4. The van der Waals surface area contributed by atoms with Crippen molar-refractivity contribution in [2.75, 3.05) is 6.54 Å². The fraction of sp³-hybridized carbons (Fsp3) is 0.875. The van der Waals surface area contributed by atoms with Crippen LogP contribution in [-0.2, 0) is 4.84 Å². The number of unbranched alkanes of at least 4 members (excludes halogenated alkanes) is 1. The zero-order valence-corrected chi connectivity index (χ0v) is 7.48. The van der Waals surface area contributed by atoms with E-state index in [2.05, 4.69) is 11.5 Å². The molecule has 0 heterocycles. The summed E-state index contributed by atoms with van der Waals surface area (Å²) >= 11 is 0. The van der Waals surface area contributed by atoms with Gasteiger partial charge in [-0.3, -0.25) is 4.84 Å². The molecule has 0 spiro atoms. The van der Waals surface area contributed by atoms with Gasteiger partial charge in [-0.15, -0.1) is 0 Å². The average molecular weight is 156 g/mol. The second-order valence-electron chi connectivity index (χ2n) is 3.37. The fourth-order valence-electron chi connectivity index (χ4n) is 0.507. The van der Waals surface area contributed by atoms with Gasteiger partial charge in [-0.1, -0.05) is 0 Å². The first-order valence-electron chi connectivity index (χ1n) is 3.84. The van der Waals surface area contributed by atoms with Gasteiger partial charge in [0.05, 0.1) is 11.7 Å². The van der Waals surface area contributed by atoms with Crippen molar-refractivity contribution in [1.82, 2.24) is 5.48 Å². The molecule has 3 nitrogen and oxygen atoms in total. The van der Waals surface area contributed by atoms with Crippen LogP contribution in [0.3, 0.4) is 0 Å². The minimum absolute atomic E-state index is 0.146. The molecule has 0 aromatic carbocycles. The number of hydrogen-bond donors (Lipinski definition) is 1. The Morgan fingerprint density at radius 2 is 2.09 bits per heavy atom. The quantitative estimate of drug-likeness (QED) is 0.497. The van der Waals surface area contributed by atoms with Crippen LogP contribution in [0, 0.1) is 11.3 Å². The zero-order valence-electron chi connectivity index (χ0n) is 7.48. The summed E-state index contributed by atoms with van der Waals surface area (Å²) in [5.74, 6) is 0. The van der Waals surface area contributed by atoms with Gasteiger partial charge in [0, 0.05) is 13.0 Å². The van der Waals surface area contributed by atoms with Crippen molar-refractivity contribution in [2.45, 2.75) is 39.2 Å². The summed E-state index contributed by atoms with van der Waals surface area (Å²) in [5, 5.41) is 8.21. The maximum Gasteiger partial charge on any atom is 0.0812 e.